The second-order valence-electron chi connectivity index (χ2n) is 8.72. The van der Waals surface area contributed by atoms with Crippen LogP contribution in [-0.2, 0) is 16.0 Å². The maximum atomic E-state index is 13.3. The Labute approximate surface area is 194 Å². The van der Waals surface area contributed by atoms with Crippen molar-refractivity contribution in [3.8, 4) is 5.75 Å². The van der Waals surface area contributed by atoms with E-state index >= 15 is 0 Å². The van der Waals surface area contributed by atoms with E-state index in [1.807, 2.05) is 35.8 Å². The lowest BCUT2D eigenvalue weighted by molar-refractivity contribution is -0.143. The molecule has 2 atom stereocenters. The van der Waals surface area contributed by atoms with E-state index in [0.29, 0.717) is 32.6 Å². The minimum Gasteiger partial charge on any atom is -0.497 e. The van der Waals surface area contributed by atoms with Gasteiger partial charge in [0.2, 0.25) is 11.8 Å². The highest BCUT2D eigenvalue weighted by Crippen LogP contribution is 2.38. The predicted molar refractivity (Wildman–Crippen MR) is 127 cm³/mol. The largest absolute Gasteiger partial charge is 0.497 e. The first-order chi connectivity index (χ1) is 15.5. The highest BCUT2D eigenvalue weighted by Gasteiger charge is 2.34. The Hall–Kier alpha value is -2.38. The number of amides is 2. The Morgan fingerprint density at radius 1 is 1.09 bits per heavy atom. The number of methoxy groups -OCH3 is 1. The third kappa shape index (κ3) is 4.69. The summed E-state index contributed by atoms with van der Waals surface area (Å²) in [5.41, 5.74) is 2.49. The molecule has 1 fully saturated rings. The monoisotopic (exact) mass is 455 g/mol. The summed E-state index contributed by atoms with van der Waals surface area (Å²) in [7, 11) is 1.67. The summed E-state index contributed by atoms with van der Waals surface area (Å²) in [6, 6.07) is 10.5. The van der Waals surface area contributed by atoms with Crippen LogP contribution in [0.3, 0.4) is 0 Å². The third-order valence-electron chi connectivity index (χ3n) is 6.60. The standard InChI is InChI=1S/C25H33N3O3S/c1-4-5-23(29)28-14-13-26(16-18(28)2)24(30)17-27-12-10-22-21(11-15-32-22)25(27)19-6-8-20(31-3)9-7-19/h6-9,11,15,18,25H,4-5,10,12-14,16-17H2,1-3H3/t18-,25+/m1/s1. The fraction of sp³-hybridized carbons (Fsp3) is 0.520. The minimum absolute atomic E-state index is 0.0639. The molecular weight excluding hydrogens is 422 g/mol. The summed E-state index contributed by atoms with van der Waals surface area (Å²) in [4.78, 5) is 33.2. The Balaban J connectivity index is 1.47. The molecule has 0 bridgehead atoms. The van der Waals surface area contributed by atoms with E-state index in [4.69, 9.17) is 4.74 Å². The van der Waals surface area contributed by atoms with Crippen LogP contribution in [0, 0.1) is 0 Å². The van der Waals surface area contributed by atoms with Gasteiger partial charge in [-0.3, -0.25) is 14.5 Å². The van der Waals surface area contributed by atoms with Gasteiger partial charge >= 0.3 is 0 Å². The second-order valence-corrected chi connectivity index (χ2v) is 9.72. The minimum atomic E-state index is 0.0639. The van der Waals surface area contributed by atoms with Crippen LogP contribution in [0.5, 0.6) is 5.75 Å². The second kappa shape index (κ2) is 10.0. The normalized spacial score (nSPS) is 21.3. The van der Waals surface area contributed by atoms with Crippen LogP contribution in [-0.4, -0.2) is 72.4 Å². The highest BCUT2D eigenvalue weighted by atomic mass is 32.1. The summed E-state index contributed by atoms with van der Waals surface area (Å²) in [6.45, 7) is 7.18. The van der Waals surface area contributed by atoms with Crippen LogP contribution in [0.4, 0.5) is 0 Å². The quantitative estimate of drug-likeness (QED) is 0.668. The first-order valence-electron chi connectivity index (χ1n) is 11.5. The number of carbonyl (C=O) groups excluding carboxylic acids is 2. The van der Waals surface area contributed by atoms with E-state index < -0.39 is 0 Å². The van der Waals surface area contributed by atoms with Crippen molar-refractivity contribution in [2.24, 2.45) is 0 Å². The van der Waals surface area contributed by atoms with Gasteiger partial charge in [0, 0.05) is 43.5 Å². The number of nitrogens with zero attached hydrogens (tertiary/aromatic N) is 3. The van der Waals surface area contributed by atoms with Crippen molar-refractivity contribution in [3.05, 3.63) is 51.7 Å². The fourth-order valence-electron chi connectivity index (χ4n) is 4.90. The van der Waals surface area contributed by atoms with Crippen molar-refractivity contribution in [2.75, 3.05) is 39.8 Å². The zero-order chi connectivity index (χ0) is 22.7. The average Bonchev–Trinajstić information content (AvgIpc) is 3.28. The van der Waals surface area contributed by atoms with Crippen LogP contribution in [0.1, 0.15) is 48.7 Å². The van der Waals surface area contributed by atoms with Crippen molar-refractivity contribution in [1.29, 1.82) is 0 Å². The molecule has 0 N–H and O–H groups in total. The fourth-order valence-corrected chi connectivity index (χ4v) is 5.80. The van der Waals surface area contributed by atoms with E-state index in [2.05, 4.69) is 28.5 Å². The maximum Gasteiger partial charge on any atom is 0.236 e. The summed E-state index contributed by atoms with van der Waals surface area (Å²) in [6.07, 6.45) is 2.41. The van der Waals surface area contributed by atoms with Gasteiger partial charge in [-0.05, 0) is 54.5 Å². The van der Waals surface area contributed by atoms with Gasteiger partial charge in [0.05, 0.1) is 19.7 Å². The Bertz CT molecular complexity index is 942. The molecule has 0 unspecified atom stereocenters. The molecule has 1 aromatic carbocycles. The van der Waals surface area contributed by atoms with E-state index in [1.54, 1.807) is 18.4 Å². The van der Waals surface area contributed by atoms with Crippen LogP contribution in [0.15, 0.2) is 35.7 Å². The van der Waals surface area contributed by atoms with E-state index in [9.17, 15) is 9.59 Å². The van der Waals surface area contributed by atoms with Crippen molar-refractivity contribution in [1.82, 2.24) is 14.7 Å². The van der Waals surface area contributed by atoms with Crippen LogP contribution >= 0.6 is 11.3 Å². The van der Waals surface area contributed by atoms with E-state index in [-0.39, 0.29) is 23.9 Å². The molecule has 2 amide bonds. The van der Waals surface area contributed by atoms with Crippen molar-refractivity contribution in [2.45, 2.75) is 45.2 Å². The highest BCUT2D eigenvalue weighted by molar-refractivity contribution is 7.10. The molecule has 2 aliphatic heterocycles. The summed E-state index contributed by atoms with van der Waals surface area (Å²) < 4.78 is 5.33. The Morgan fingerprint density at radius 2 is 1.88 bits per heavy atom. The molecule has 0 radical (unpaired) electrons. The van der Waals surface area contributed by atoms with Gasteiger partial charge in [-0.2, -0.15) is 0 Å². The first-order valence-corrected chi connectivity index (χ1v) is 12.4. The maximum absolute atomic E-state index is 13.3. The molecule has 172 valence electrons. The number of benzene rings is 1. The molecular formula is C25H33N3O3S. The van der Waals surface area contributed by atoms with Gasteiger partial charge in [-0.1, -0.05) is 19.1 Å². The molecule has 7 heteroatoms. The molecule has 4 rings (SSSR count). The predicted octanol–water partition coefficient (Wildman–Crippen LogP) is 3.56. The lowest BCUT2D eigenvalue weighted by atomic mass is 9.93. The number of hydrogen-bond donors (Lipinski definition) is 0. The molecule has 0 aliphatic carbocycles. The van der Waals surface area contributed by atoms with Gasteiger partial charge in [0.1, 0.15) is 5.75 Å². The van der Waals surface area contributed by atoms with E-state index in [0.717, 1.165) is 25.1 Å². The summed E-state index contributed by atoms with van der Waals surface area (Å²) in [5, 5.41) is 2.15. The molecule has 0 saturated carbocycles. The van der Waals surface area contributed by atoms with Crippen LogP contribution in [0.25, 0.3) is 0 Å². The average molecular weight is 456 g/mol. The SMILES string of the molecule is CCCC(=O)N1CCN(C(=O)CN2CCc3sccc3[C@@H]2c2ccc(OC)cc2)C[C@H]1C. The van der Waals surface area contributed by atoms with Gasteiger partial charge in [0.15, 0.2) is 0 Å². The Kier molecular flexibility index (Phi) is 7.16. The Morgan fingerprint density at radius 3 is 2.56 bits per heavy atom. The number of ether oxygens (including phenoxy) is 1. The third-order valence-corrected chi connectivity index (χ3v) is 7.60. The number of carbonyl (C=O) groups is 2. The number of fused-ring (bicyclic) bond motifs is 1. The first kappa shape index (κ1) is 22.8. The zero-order valence-corrected chi connectivity index (χ0v) is 20.1. The molecule has 2 aliphatic rings. The van der Waals surface area contributed by atoms with Crippen molar-refractivity contribution < 1.29 is 14.3 Å². The molecule has 2 aromatic rings. The van der Waals surface area contributed by atoms with Gasteiger partial charge in [-0.15, -0.1) is 11.3 Å². The number of piperazine rings is 1. The molecule has 1 aromatic heterocycles. The topological polar surface area (TPSA) is 53.1 Å². The molecule has 0 spiro atoms. The summed E-state index contributed by atoms with van der Waals surface area (Å²) in [5.74, 6) is 1.19. The van der Waals surface area contributed by atoms with Crippen LogP contribution in [0.2, 0.25) is 0 Å². The van der Waals surface area contributed by atoms with Crippen molar-refractivity contribution in [3.63, 3.8) is 0 Å². The molecule has 1 saturated heterocycles. The van der Waals surface area contributed by atoms with E-state index in [1.165, 1.54) is 16.0 Å². The molecule has 3 heterocycles. The number of rotatable bonds is 6. The van der Waals surface area contributed by atoms with Gasteiger partial charge in [0.25, 0.3) is 0 Å². The van der Waals surface area contributed by atoms with Crippen LogP contribution < -0.4 is 4.74 Å². The molecule has 32 heavy (non-hydrogen) atoms. The zero-order valence-electron chi connectivity index (χ0n) is 19.3. The van der Waals surface area contributed by atoms with Gasteiger partial charge in [-0.25, -0.2) is 0 Å². The summed E-state index contributed by atoms with van der Waals surface area (Å²) >= 11 is 1.80. The lowest BCUT2D eigenvalue weighted by Gasteiger charge is -2.42. The number of thiophene rings is 1. The van der Waals surface area contributed by atoms with Crippen molar-refractivity contribution >= 4 is 23.2 Å². The number of hydrogen-bond acceptors (Lipinski definition) is 5. The molecule has 6 nitrogen and oxygen atoms in total. The lowest BCUT2D eigenvalue weighted by Crippen LogP contribution is -2.57. The van der Waals surface area contributed by atoms with Gasteiger partial charge < -0.3 is 14.5 Å². The smallest absolute Gasteiger partial charge is 0.236 e.